The van der Waals surface area contributed by atoms with Crippen molar-refractivity contribution in [3.63, 3.8) is 0 Å². The molecule has 0 radical (unpaired) electrons. The van der Waals surface area contributed by atoms with E-state index in [1.165, 1.54) is 6.07 Å². The fourth-order valence-electron chi connectivity index (χ4n) is 1.77. The molecular weight excluding hydrogens is 312 g/mol. The monoisotopic (exact) mass is 324 g/mol. The van der Waals surface area contributed by atoms with E-state index in [1.54, 1.807) is 24.7 Å². The van der Waals surface area contributed by atoms with Crippen LogP contribution in [0.1, 0.15) is 12.6 Å². The van der Waals surface area contributed by atoms with Gasteiger partial charge in [0.25, 0.3) is 5.69 Å². The average molecular weight is 325 g/mol. The van der Waals surface area contributed by atoms with Crippen molar-refractivity contribution in [3.05, 3.63) is 51.0 Å². The first-order chi connectivity index (χ1) is 9.11. The summed E-state index contributed by atoms with van der Waals surface area (Å²) in [5, 5.41) is 14.1. The molecule has 1 N–H and O–H groups in total. The Hall–Kier alpha value is -1.89. The maximum atomic E-state index is 11.0. The van der Waals surface area contributed by atoms with Gasteiger partial charge in [-0.2, -0.15) is 0 Å². The summed E-state index contributed by atoms with van der Waals surface area (Å²) in [5.74, 6) is 0. The van der Waals surface area contributed by atoms with Crippen LogP contribution in [-0.2, 0) is 13.1 Å². The molecule has 2 aromatic rings. The average Bonchev–Trinajstić information content (AvgIpc) is 2.84. The normalized spacial score (nSPS) is 10.4. The lowest BCUT2D eigenvalue weighted by Crippen LogP contribution is -2.07. The molecule has 0 spiro atoms. The number of nitrogens with zero attached hydrogens (tertiary/aromatic N) is 3. The van der Waals surface area contributed by atoms with Crippen LogP contribution in [0.25, 0.3) is 0 Å². The predicted octanol–water partition coefficient (Wildman–Crippen LogP) is 3.19. The van der Waals surface area contributed by atoms with E-state index in [1.807, 2.05) is 11.5 Å². The molecule has 1 aromatic carbocycles. The zero-order valence-electron chi connectivity index (χ0n) is 10.3. The van der Waals surface area contributed by atoms with Gasteiger partial charge in [-0.05, 0) is 19.1 Å². The van der Waals surface area contributed by atoms with Crippen molar-refractivity contribution in [2.45, 2.75) is 20.0 Å². The van der Waals surface area contributed by atoms with Gasteiger partial charge in [-0.3, -0.25) is 10.1 Å². The highest BCUT2D eigenvalue weighted by Crippen LogP contribution is 2.28. The summed E-state index contributed by atoms with van der Waals surface area (Å²) in [7, 11) is 0. The quantitative estimate of drug-likeness (QED) is 0.677. The van der Waals surface area contributed by atoms with Gasteiger partial charge in [0.2, 0.25) is 0 Å². The Morgan fingerprint density at radius 3 is 3.00 bits per heavy atom. The molecule has 19 heavy (non-hydrogen) atoms. The van der Waals surface area contributed by atoms with Gasteiger partial charge in [-0.1, -0.05) is 15.9 Å². The predicted molar refractivity (Wildman–Crippen MR) is 76.0 cm³/mol. The van der Waals surface area contributed by atoms with Gasteiger partial charge in [-0.15, -0.1) is 0 Å². The molecule has 0 fully saturated rings. The van der Waals surface area contributed by atoms with Crippen LogP contribution < -0.4 is 5.32 Å². The molecule has 7 heteroatoms. The van der Waals surface area contributed by atoms with Gasteiger partial charge in [0, 0.05) is 23.3 Å². The van der Waals surface area contributed by atoms with Crippen LogP contribution in [0.4, 0.5) is 11.4 Å². The summed E-state index contributed by atoms with van der Waals surface area (Å²) in [6.45, 7) is 3.34. The number of nitro benzene ring substituents is 1. The van der Waals surface area contributed by atoms with Gasteiger partial charge >= 0.3 is 0 Å². The van der Waals surface area contributed by atoms with Crippen molar-refractivity contribution >= 4 is 27.3 Å². The molecule has 0 aliphatic heterocycles. The Bertz CT molecular complexity index is 597. The lowest BCUT2D eigenvalue weighted by Gasteiger charge is -2.09. The van der Waals surface area contributed by atoms with Crippen LogP contribution in [0.2, 0.25) is 0 Å². The molecule has 0 bridgehead atoms. The van der Waals surface area contributed by atoms with E-state index < -0.39 is 4.92 Å². The van der Waals surface area contributed by atoms with E-state index in [0.717, 1.165) is 12.2 Å². The van der Waals surface area contributed by atoms with Crippen molar-refractivity contribution in [3.8, 4) is 0 Å². The molecule has 0 saturated carbocycles. The topological polar surface area (TPSA) is 73.0 Å². The lowest BCUT2D eigenvalue weighted by atomic mass is 10.2. The van der Waals surface area contributed by atoms with Gasteiger partial charge < -0.3 is 9.88 Å². The molecule has 6 nitrogen and oxygen atoms in total. The number of hydrogen-bond acceptors (Lipinski definition) is 4. The maximum Gasteiger partial charge on any atom is 0.293 e. The third kappa shape index (κ3) is 3.11. The maximum absolute atomic E-state index is 11.0. The minimum atomic E-state index is -0.399. The molecule has 0 unspecified atom stereocenters. The molecule has 0 aliphatic carbocycles. The van der Waals surface area contributed by atoms with Crippen molar-refractivity contribution in [2.75, 3.05) is 5.32 Å². The summed E-state index contributed by atoms with van der Waals surface area (Å²) in [6.07, 6.45) is 3.49. The molecule has 2 rings (SSSR count). The smallest absolute Gasteiger partial charge is 0.293 e. The largest absolute Gasteiger partial charge is 0.374 e. The van der Waals surface area contributed by atoms with Crippen LogP contribution in [0, 0.1) is 10.1 Å². The van der Waals surface area contributed by atoms with E-state index >= 15 is 0 Å². The molecule has 0 saturated heterocycles. The molecule has 0 amide bonds. The number of halogens is 1. The number of hydrogen-bond donors (Lipinski definition) is 1. The van der Waals surface area contributed by atoms with E-state index in [9.17, 15) is 10.1 Å². The first-order valence-corrected chi connectivity index (χ1v) is 6.58. The first kappa shape index (κ1) is 13.5. The summed E-state index contributed by atoms with van der Waals surface area (Å²) in [5.41, 5.74) is 1.54. The number of aryl methyl sites for hydroxylation is 1. The Kier molecular flexibility index (Phi) is 4.16. The number of nitrogens with one attached hydrogen (secondary N) is 1. The lowest BCUT2D eigenvalue weighted by molar-refractivity contribution is -0.384. The van der Waals surface area contributed by atoms with Crippen molar-refractivity contribution in [1.82, 2.24) is 9.55 Å². The Morgan fingerprint density at radius 1 is 1.53 bits per heavy atom. The second kappa shape index (κ2) is 5.83. The minimum absolute atomic E-state index is 0.0527. The number of benzene rings is 1. The Morgan fingerprint density at radius 2 is 2.32 bits per heavy atom. The number of anilines is 1. The first-order valence-electron chi connectivity index (χ1n) is 5.78. The summed E-state index contributed by atoms with van der Waals surface area (Å²) < 4.78 is 2.67. The third-order valence-electron chi connectivity index (χ3n) is 2.76. The van der Waals surface area contributed by atoms with Gasteiger partial charge in [0.15, 0.2) is 0 Å². The molecule has 100 valence electrons. The second-order valence-corrected chi connectivity index (χ2v) is 4.86. The standard InChI is InChI=1S/C12H13BrN4O2/c1-2-16-8-14-6-10(16)7-15-11-4-3-9(13)5-12(11)17(18)19/h3-6,8,15H,2,7H2,1H3. The highest BCUT2D eigenvalue weighted by Gasteiger charge is 2.14. The van der Waals surface area contributed by atoms with Crippen LogP contribution >= 0.6 is 15.9 Å². The number of nitro groups is 1. The Labute approximate surface area is 118 Å². The third-order valence-corrected chi connectivity index (χ3v) is 3.25. The van der Waals surface area contributed by atoms with Crippen molar-refractivity contribution < 1.29 is 4.92 Å². The fourth-order valence-corrected chi connectivity index (χ4v) is 2.12. The fraction of sp³-hybridized carbons (Fsp3) is 0.250. The Balaban J connectivity index is 2.18. The molecular formula is C12H13BrN4O2. The SMILES string of the molecule is CCn1cncc1CNc1ccc(Br)cc1[N+](=O)[O-]. The van der Waals surface area contributed by atoms with E-state index in [2.05, 4.69) is 26.2 Å². The van der Waals surface area contributed by atoms with Crippen LogP contribution in [-0.4, -0.2) is 14.5 Å². The number of aromatic nitrogens is 2. The molecule has 0 atom stereocenters. The highest BCUT2D eigenvalue weighted by molar-refractivity contribution is 9.10. The number of rotatable bonds is 5. The van der Waals surface area contributed by atoms with Crippen molar-refractivity contribution in [1.29, 1.82) is 0 Å². The highest BCUT2D eigenvalue weighted by atomic mass is 79.9. The van der Waals surface area contributed by atoms with Crippen LogP contribution in [0.5, 0.6) is 0 Å². The number of imidazole rings is 1. The molecule has 1 heterocycles. The summed E-state index contributed by atoms with van der Waals surface area (Å²) >= 11 is 3.23. The minimum Gasteiger partial charge on any atom is -0.374 e. The summed E-state index contributed by atoms with van der Waals surface area (Å²) in [4.78, 5) is 14.6. The zero-order chi connectivity index (χ0) is 13.8. The van der Waals surface area contributed by atoms with Crippen LogP contribution in [0.15, 0.2) is 35.2 Å². The van der Waals surface area contributed by atoms with Crippen LogP contribution in [0.3, 0.4) is 0 Å². The molecule has 0 aliphatic rings. The van der Waals surface area contributed by atoms with Crippen molar-refractivity contribution in [2.24, 2.45) is 0 Å². The summed E-state index contributed by atoms with van der Waals surface area (Å²) in [6, 6.07) is 4.95. The van der Waals surface area contributed by atoms with Gasteiger partial charge in [0.1, 0.15) is 5.69 Å². The van der Waals surface area contributed by atoms with E-state index in [-0.39, 0.29) is 5.69 Å². The van der Waals surface area contributed by atoms with Gasteiger partial charge in [0.05, 0.1) is 23.5 Å². The molecule has 1 aromatic heterocycles. The van der Waals surface area contributed by atoms with E-state index in [0.29, 0.717) is 16.7 Å². The zero-order valence-corrected chi connectivity index (χ0v) is 11.9. The second-order valence-electron chi connectivity index (χ2n) is 3.94. The van der Waals surface area contributed by atoms with Gasteiger partial charge in [-0.25, -0.2) is 4.98 Å². The van der Waals surface area contributed by atoms with E-state index in [4.69, 9.17) is 0 Å².